The summed E-state index contributed by atoms with van der Waals surface area (Å²) < 4.78 is 0. The molecule has 0 heterocycles. The van der Waals surface area contributed by atoms with Crippen molar-refractivity contribution in [2.45, 2.75) is 52.9 Å². The largest absolute Gasteiger partial charge is 0.508 e. The molecule has 0 radical (unpaired) electrons. The van der Waals surface area contributed by atoms with Gasteiger partial charge in [-0.1, -0.05) is 77.3 Å². The second kappa shape index (κ2) is 11.3. The van der Waals surface area contributed by atoms with E-state index in [1.165, 1.54) is 17.5 Å². The van der Waals surface area contributed by atoms with E-state index in [1.807, 2.05) is 36.4 Å². The standard InChI is InChI=1S/C21H26O2.C5H8S.CH4/c1-20(2,3)12-15-13-21(14-15,16-4-8-18(22)9-5-16)17-6-10-19(23)11-7-17;1-2-3-4-5-6;/h4-11,15,22-23H,12-14H2,1-3H3;2-4,6H,1,5H2;1H4/b;4-3-;. The van der Waals surface area contributed by atoms with Gasteiger partial charge in [-0.25, -0.2) is 0 Å². The highest BCUT2D eigenvalue weighted by Crippen LogP contribution is 2.55. The van der Waals surface area contributed by atoms with E-state index < -0.39 is 0 Å². The summed E-state index contributed by atoms with van der Waals surface area (Å²) in [6.07, 6.45) is 9.00. The third-order valence-corrected chi connectivity index (χ3v) is 5.60. The van der Waals surface area contributed by atoms with Gasteiger partial charge in [-0.3, -0.25) is 0 Å². The first-order chi connectivity index (χ1) is 13.7. The number of hydrogen-bond donors (Lipinski definition) is 3. The zero-order valence-corrected chi connectivity index (χ0v) is 18.7. The Morgan fingerprint density at radius 2 is 1.40 bits per heavy atom. The van der Waals surface area contributed by atoms with E-state index in [9.17, 15) is 10.2 Å². The Morgan fingerprint density at radius 1 is 0.967 bits per heavy atom. The van der Waals surface area contributed by atoms with Crippen LogP contribution >= 0.6 is 12.6 Å². The van der Waals surface area contributed by atoms with Crippen LogP contribution in [-0.4, -0.2) is 16.0 Å². The Balaban J connectivity index is 0.000000567. The van der Waals surface area contributed by atoms with Gasteiger partial charge in [-0.2, -0.15) is 12.6 Å². The van der Waals surface area contributed by atoms with Gasteiger partial charge in [0.15, 0.2) is 0 Å². The molecule has 0 atom stereocenters. The fraction of sp³-hybridized carbons (Fsp3) is 0.407. The number of phenolic OH excluding ortho intramolecular Hbond substituents is 2. The van der Waals surface area contributed by atoms with E-state index in [0.29, 0.717) is 16.9 Å². The van der Waals surface area contributed by atoms with E-state index in [-0.39, 0.29) is 12.8 Å². The minimum absolute atomic E-state index is 0. The van der Waals surface area contributed by atoms with Gasteiger partial charge < -0.3 is 10.2 Å². The highest BCUT2D eigenvalue weighted by molar-refractivity contribution is 7.80. The van der Waals surface area contributed by atoms with Crippen LogP contribution in [0, 0.1) is 11.3 Å². The van der Waals surface area contributed by atoms with Gasteiger partial charge in [0.1, 0.15) is 11.5 Å². The molecule has 3 heteroatoms. The van der Waals surface area contributed by atoms with Crippen LogP contribution in [0.1, 0.15) is 58.6 Å². The molecule has 0 unspecified atom stereocenters. The molecule has 0 amide bonds. The zero-order valence-electron chi connectivity index (χ0n) is 17.8. The number of benzene rings is 2. The molecule has 2 aromatic rings. The van der Waals surface area contributed by atoms with Crippen LogP contribution < -0.4 is 0 Å². The van der Waals surface area contributed by atoms with E-state index in [1.54, 1.807) is 30.3 Å². The summed E-state index contributed by atoms with van der Waals surface area (Å²) in [5.74, 6) is 2.13. The molecule has 0 aliphatic heterocycles. The molecule has 2 nitrogen and oxygen atoms in total. The predicted molar refractivity (Wildman–Crippen MR) is 134 cm³/mol. The van der Waals surface area contributed by atoms with Crippen molar-refractivity contribution in [2.75, 3.05) is 5.75 Å². The van der Waals surface area contributed by atoms with Gasteiger partial charge in [-0.15, -0.1) is 0 Å². The third kappa shape index (κ3) is 6.98. The maximum Gasteiger partial charge on any atom is 0.115 e. The van der Waals surface area contributed by atoms with Crippen LogP contribution in [0.5, 0.6) is 11.5 Å². The minimum Gasteiger partial charge on any atom is -0.508 e. The summed E-state index contributed by atoms with van der Waals surface area (Å²) in [5.41, 5.74) is 2.87. The second-order valence-electron chi connectivity index (χ2n) is 9.06. The summed E-state index contributed by atoms with van der Waals surface area (Å²) in [7, 11) is 0. The van der Waals surface area contributed by atoms with Crippen molar-refractivity contribution in [3.05, 3.63) is 84.5 Å². The van der Waals surface area contributed by atoms with Gasteiger partial charge in [0.25, 0.3) is 0 Å². The molecule has 0 aromatic heterocycles. The van der Waals surface area contributed by atoms with Crippen LogP contribution in [0.4, 0.5) is 0 Å². The summed E-state index contributed by atoms with van der Waals surface area (Å²) in [5, 5.41) is 19.2. The van der Waals surface area contributed by atoms with Crippen LogP contribution in [0.2, 0.25) is 0 Å². The topological polar surface area (TPSA) is 40.5 Å². The molecule has 2 aromatic carbocycles. The van der Waals surface area contributed by atoms with E-state index >= 15 is 0 Å². The third-order valence-electron chi connectivity index (χ3n) is 5.39. The van der Waals surface area contributed by atoms with Crippen molar-refractivity contribution < 1.29 is 10.2 Å². The number of thiol groups is 1. The molecule has 2 N–H and O–H groups in total. The lowest BCUT2D eigenvalue weighted by Gasteiger charge is -2.50. The van der Waals surface area contributed by atoms with Gasteiger partial charge in [0, 0.05) is 11.2 Å². The zero-order chi connectivity index (χ0) is 21.5. The molecule has 1 fully saturated rings. The van der Waals surface area contributed by atoms with E-state index in [4.69, 9.17) is 0 Å². The lowest BCUT2D eigenvalue weighted by atomic mass is 9.53. The van der Waals surface area contributed by atoms with Crippen molar-refractivity contribution in [3.8, 4) is 11.5 Å². The maximum absolute atomic E-state index is 9.59. The second-order valence-corrected chi connectivity index (χ2v) is 9.43. The van der Waals surface area contributed by atoms with Crippen LogP contribution in [0.3, 0.4) is 0 Å². The van der Waals surface area contributed by atoms with Gasteiger partial charge in [0.05, 0.1) is 0 Å². The lowest BCUT2D eigenvalue weighted by Crippen LogP contribution is -2.43. The Hall–Kier alpha value is -2.13. The van der Waals surface area contributed by atoms with Crippen LogP contribution in [0.15, 0.2) is 73.3 Å². The highest BCUT2D eigenvalue weighted by Gasteiger charge is 2.47. The average molecular weight is 427 g/mol. The van der Waals surface area contributed by atoms with Crippen molar-refractivity contribution in [3.63, 3.8) is 0 Å². The van der Waals surface area contributed by atoms with E-state index in [2.05, 4.69) is 40.0 Å². The molecule has 0 bridgehead atoms. The van der Waals surface area contributed by atoms with Crippen LogP contribution in [0.25, 0.3) is 0 Å². The monoisotopic (exact) mass is 426 g/mol. The first kappa shape index (κ1) is 25.9. The first-order valence-corrected chi connectivity index (χ1v) is 10.8. The molecule has 30 heavy (non-hydrogen) atoms. The van der Waals surface area contributed by atoms with Gasteiger partial charge >= 0.3 is 0 Å². The summed E-state index contributed by atoms with van der Waals surface area (Å²) >= 11 is 3.92. The molecular formula is C27H38O2S. The number of phenols is 2. The number of hydrogen-bond acceptors (Lipinski definition) is 3. The fourth-order valence-electron chi connectivity index (χ4n) is 4.29. The van der Waals surface area contributed by atoms with Gasteiger partial charge in [0.2, 0.25) is 0 Å². The Labute approximate surface area is 188 Å². The number of allylic oxidation sites excluding steroid dienone is 2. The predicted octanol–water partition coefficient (Wildman–Crippen LogP) is 7.52. The first-order valence-electron chi connectivity index (χ1n) is 10.2. The van der Waals surface area contributed by atoms with Crippen molar-refractivity contribution in [1.82, 2.24) is 0 Å². The highest BCUT2D eigenvalue weighted by atomic mass is 32.1. The molecule has 3 rings (SSSR count). The minimum atomic E-state index is 0. The quantitative estimate of drug-likeness (QED) is 0.342. The van der Waals surface area contributed by atoms with Crippen molar-refractivity contribution >= 4 is 12.6 Å². The SMILES string of the molecule is C.C=C/C=C\CS.CC(C)(C)CC1CC(c2ccc(O)cc2)(c2ccc(O)cc2)C1. The number of aromatic hydroxyl groups is 2. The summed E-state index contributed by atoms with van der Waals surface area (Å²) in [4.78, 5) is 0. The Morgan fingerprint density at radius 3 is 1.70 bits per heavy atom. The lowest BCUT2D eigenvalue weighted by molar-refractivity contribution is 0.127. The molecule has 164 valence electrons. The number of rotatable bonds is 5. The normalized spacial score (nSPS) is 15.5. The fourth-order valence-corrected chi connectivity index (χ4v) is 4.41. The molecule has 0 saturated heterocycles. The molecule has 1 aliphatic carbocycles. The maximum atomic E-state index is 9.59. The molecule has 1 saturated carbocycles. The summed E-state index contributed by atoms with van der Waals surface area (Å²) in [6, 6.07) is 15.2. The Bertz CT molecular complexity index is 745. The van der Waals surface area contributed by atoms with E-state index in [0.717, 1.165) is 24.5 Å². The Kier molecular flexibility index (Phi) is 9.77. The summed E-state index contributed by atoms with van der Waals surface area (Å²) in [6.45, 7) is 10.4. The molecule has 1 aliphatic rings. The molecular weight excluding hydrogens is 388 g/mol. The molecule has 0 spiro atoms. The average Bonchev–Trinajstić information content (AvgIpc) is 2.64. The van der Waals surface area contributed by atoms with Crippen molar-refractivity contribution in [2.24, 2.45) is 11.3 Å². The smallest absolute Gasteiger partial charge is 0.115 e. The van der Waals surface area contributed by atoms with Crippen molar-refractivity contribution in [1.29, 1.82) is 0 Å². The van der Waals surface area contributed by atoms with Crippen LogP contribution in [-0.2, 0) is 5.41 Å². The van der Waals surface area contributed by atoms with Gasteiger partial charge in [-0.05, 0) is 66.0 Å².